The molecule has 2 rings (SSSR count). The Bertz CT molecular complexity index is 732. The Morgan fingerprint density at radius 2 is 1.96 bits per heavy atom. The number of carbonyl (C=O) groups is 2. The molecule has 0 atom stereocenters. The Hall–Kier alpha value is -2.53. The van der Waals surface area contributed by atoms with Gasteiger partial charge in [-0.05, 0) is 42.3 Å². The maximum Gasteiger partial charge on any atom is 0.337 e. The minimum Gasteiger partial charge on any atom is -0.465 e. The first-order valence-electron chi connectivity index (χ1n) is 6.98. The number of ether oxygens (including phenoxy) is 1. The maximum atomic E-state index is 11.9. The van der Waals surface area contributed by atoms with Crippen LogP contribution in [0.4, 0.5) is 10.5 Å². The fourth-order valence-electron chi connectivity index (χ4n) is 1.95. The van der Waals surface area contributed by atoms with Gasteiger partial charge in [0.1, 0.15) is 0 Å². The molecule has 0 radical (unpaired) electrons. The van der Waals surface area contributed by atoms with Crippen molar-refractivity contribution in [1.82, 2.24) is 5.32 Å². The van der Waals surface area contributed by atoms with Gasteiger partial charge in [0, 0.05) is 17.3 Å². The zero-order chi connectivity index (χ0) is 16.8. The van der Waals surface area contributed by atoms with Crippen LogP contribution in [-0.4, -0.2) is 19.1 Å². The van der Waals surface area contributed by atoms with Gasteiger partial charge < -0.3 is 15.4 Å². The molecule has 5 nitrogen and oxygen atoms in total. The van der Waals surface area contributed by atoms with Crippen LogP contribution >= 0.6 is 11.6 Å². The average molecular weight is 333 g/mol. The van der Waals surface area contributed by atoms with Crippen LogP contribution in [0.25, 0.3) is 0 Å². The molecule has 2 N–H and O–H groups in total. The highest BCUT2D eigenvalue weighted by Crippen LogP contribution is 2.16. The fourth-order valence-corrected chi connectivity index (χ4v) is 2.15. The SMILES string of the molecule is COC(=O)c1cccc(NC(=O)NCc2ccc(C)c(Cl)c2)c1. The van der Waals surface area contributed by atoms with Crippen LogP contribution in [0.15, 0.2) is 42.5 Å². The van der Waals surface area contributed by atoms with E-state index in [-0.39, 0.29) is 6.03 Å². The standard InChI is InChI=1S/C17H17ClN2O3/c1-11-6-7-12(8-15(11)18)10-19-17(22)20-14-5-3-4-13(9-14)16(21)23-2/h3-9H,10H2,1-2H3,(H2,19,20,22). The predicted octanol–water partition coefficient (Wildman–Crippen LogP) is 3.76. The van der Waals surface area contributed by atoms with Crippen molar-refractivity contribution >= 4 is 29.3 Å². The number of amides is 2. The number of esters is 1. The van der Waals surface area contributed by atoms with Gasteiger partial charge in [0.2, 0.25) is 0 Å². The molecule has 120 valence electrons. The molecule has 0 aliphatic rings. The van der Waals surface area contributed by atoms with Crippen molar-refractivity contribution in [1.29, 1.82) is 0 Å². The lowest BCUT2D eigenvalue weighted by Crippen LogP contribution is -2.28. The van der Waals surface area contributed by atoms with E-state index in [2.05, 4.69) is 15.4 Å². The molecule has 0 unspecified atom stereocenters. The number of carbonyl (C=O) groups excluding carboxylic acids is 2. The van der Waals surface area contributed by atoms with Crippen LogP contribution in [0.5, 0.6) is 0 Å². The number of benzene rings is 2. The molecule has 0 heterocycles. The fraction of sp³-hybridized carbons (Fsp3) is 0.176. The van der Waals surface area contributed by atoms with E-state index >= 15 is 0 Å². The Kier molecular flexibility index (Phi) is 5.60. The molecule has 0 aliphatic heterocycles. The summed E-state index contributed by atoms with van der Waals surface area (Å²) in [5, 5.41) is 6.06. The summed E-state index contributed by atoms with van der Waals surface area (Å²) in [4.78, 5) is 23.4. The molecular weight excluding hydrogens is 316 g/mol. The largest absolute Gasteiger partial charge is 0.465 e. The number of urea groups is 1. The topological polar surface area (TPSA) is 67.4 Å². The van der Waals surface area contributed by atoms with Crippen LogP contribution < -0.4 is 10.6 Å². The van der Waals surface area contributed by atoms with Crippen LogP contribution in [-0.2, 0) is 11.3 Å². The normalized spacial score (nSPS) is 10.0. The average Bonchev–Trinajstić information content (AvgIpc) is 2.55. The molecule has 0 aromatic heterocycles. The molecular formula is C17H17ClN2O3. The number of halogens is 1. The summed E-state index contributed by atoms with van der Waals surface area (Å²) in [6, 6.07) is 11.8. The van der Waals surface area contributed by atoms with Gasteiger partial charge in [0.05, 0.1) is 12.7 Å². The molecule has 0 fully saturated rings. The molecule has 0 saturated carbocycles. The minimum absolute atomic E-state index is 0.350. The van der Waals surface area contributed by atoms with Crippen molar-refractivity contribution in [2.75, 3.05) is 12.4 Å². The van der Waals surface area contributed by atoms with E-state index in [4.69, 9.17) is 11.6 Å². The van der Waals surface area contributed by atoms with Crippen molar-refractivity contribution < 1.29 is 14.3 Å². The molecule has 0 saturated heterocycles. The highest BCUT2D eigenvalue weighted by Gasteiger charge is 2.07. The highest BCUT2D eigenvalue weighted by molar-refractivity contribution is 6.31. The zero-order valence-electron chi connectivity index (χ0n) is 12.9. The van der Waals surface area contributed by atoms with Crippen molar-refractivity contribution in [2.24, 2.45) is 0 Å². The van der Waals surface area contributed by atoms with Crippen molar-refractivity contribution in [3.8, 4) is 0 Å². The third-order valence-corrected chi connectivity index (χ3v) is 3.64. The van der Waals surface area contributed by atoms with Gasteiger partial charge in [0.25, 0.3) is 0 Å². The lowest BCUT2D eigenvalue weighted by Gasteiger charge is -2.09. The van der Waals surface area contributed by atoms with Crippen molar-refractivity contribution in [3.05, 3.63) is 64.2 Å². The summed E-state index contributed by atoms with van der Waals surface area (Å²) >= 11 is 6.05. The summed E-state index contributed by atoms with van der Waals surface area (Å²) < 4.78 is 4.64. The van der Waals surface area contributed by atoms with Crippen molar-refractivity contribution in [3.63, 3.8) is 0 Å². The lowest BCUT2D eigenvalue weighted by atomic mass is 10.1. The summed E-state index contributed by atoms with van der Waals surface area (Å²) in [7, 11) is 1.31. The predicted molar refractivity (Wildman–Crippen MR) is 89.8 cm³/mol. The van der Waals surface area contributed by atoms with Gasteiger partial charge in [0.15, 0.2) is 0 Å². The van der Waals surface area contributed by atoms with Crippen LogP contribution in [0.1, 0.15) is 21.5 Å². The van der Waals surface area contributed by atoms with Crippen LogP contribution in [0.2, 0.25) is 5.02 Å². The van der Waals surface area contributed by atoms with Crippen LogP contribution in [0, 0.1) is 6.92 Å². The molecule has 0 spiro atoms. The van der Waals surface area contributed by atoms with E-state index in [0.29, 0.717) is 22.8 Å². The van der Waals surface area contributed by atoms with Gasteiger partial charge in [-0.3, -0.25) is 0 Å². The first kappa shape index (κ1) is 16.8. The van der Waals surface area contributed by atoms with Crippen molar-refractivity contribution in [2.45, 2.75) is 13.5 Å². The number of nitrogens with one attached hydrogen (secondary N) is 2. The first-order chi connectivity index (χ1) is 11.0. The van der Waals surface area contributed by atoms with E-state index < -0.39 is 5.97 Å². The molecule has 2 amide bonds. The van der Waals surface area contributed by atoms with E-state index in [1.54, 1.807) is 24.3 Å². The van der Waals surface area contributed by atoms with Crippen LogP contribution in [0.3, 0.4) is 0 Å². The van der Waals surface area contributed by atoms with E-state index in [9.17, 15) is 9.59 Å². The third-order valence-electron chi connectivity index (χ3n) is 3.23. The van der Waals surface area contributed by atoms with E-state index in [1.807, 2.05) is 25.1 Å². The van der Waals surface area contributed by atoms with E-state index in [1.165, 1.54) is 7.11 Å². The smallest absolute Gasteiger partial charge is 0.337 e. The second-order valence-corrected chi connectivity index (χ2v) is 5.37. The summed E-state index contributed by atoms with van der Waals surface area (Å²) in [6.07, 6.45) is 0. The number of aryl methyl sites for hydroxylation is 1. The quantitative estimate of drug-likeness (QED) is 0.838. The second kappa shape index (κ2) is 7.65. The molecule has 23 heavy (non-hydrogen) atoms. The van der Waals surface area contributed by atoms with Gasteiger partial charge in [-0.2, -0.15) is 0 Å². The number of methoxy groups -OCH3 is 1. The van der Waals surface area contributed by atoms with Gasteiger partial charge in [-0.15, -0.1) is 0 Å². The number of hydrogen-bond acceptors (Lipinski definition) is 3. The molecule has 0 aliphatic carbocycles. The Morgan fingerprint density at radius 1 is 1.17 bits per heavy atom. The Morgan fingerprint density at radius 3 is 2.65 bits per heavy atom. The summed E-state index contributed by atoms with van der Waals surface area (Å²) in [5.74, 6) is -0.455. The van der Waals surface area contributed by atoms with Gasteiger partial charge in [-0.1, -0.05) is 29.8 Å². The monoisotopic (exact) mass is 332 g/mol. The second-order valence-electron chi connectivity index (χ2n) is 4.96. The summed E-state index contributed by atoms with van der Waals surface area (Å²) in [5.41, 5.74) is 2.77. The molecule has 2 aromatic rings. The zero-order valence-corrected chi connectivity index (χ0v) is 13.6. The third kappa shape index (κ3) is 4.72. The van der Waals surface area contributed by atoms with Gasteiger partial charge >= 0.3 is 12.0 Å². The lowest BCUT2D eigenvalue weighted by molar-refractivity contribution is 0.0600. The Labute approximate surface area is 139 Å². The molecule has 2 aromatic carbocycles. The summed E-state index contributed by atoms with van der Waals surface area (Å²) in [6.45, 7) is 2.27. The maximum absolute atomic E-state index is 11.9. The van der Waals surface area contributed by atoms with E-state index in [0.717, 1.165) is 11.1 Å². The Balaban J connectivity index is 1.94. The van der Waals surface area contributed by atoms with Gasteiger partial charge in [-0.25, -0.2) is 9.59 Å². The number of anilines is 1. The molecule has 0 bridgehead atoms. The number of rotatable bonds is 4. The molecule has 6 heteroatoms. The minimum atomic E-state index is -0.455. The first-order valence-corrected chi connectivity index (χ1v) is 7.35. The highest BCUT2D eigenvalue weighted by atomic mass is 35.5. The number of hydrogen-bond donors (Lipinski definition) is 2.